The van der Waals surface area contributed by atoms with Gasteiger partial charge in [0.05, 0.1) is 7.11 Å². The average molecular weight is 227 g/mol. The smallest absolute Gasteiger partial charge is 0.194 e. The van der Waals surface area contributed by atoms with E-state index in [9.17, 15) is 4.79 Å². The maximum Gasteiger partial charge on any atom is 0.194 e. The minimum absolute atomic E-state index is 0.0155. The molecule has 2 rings (SSSR count). The largest absolute Gasteiger partial charge is 0.497 e. The lowest BCUT2D eigenvalue weighted by atomic mass is 10.0. The number of nitrogens with zero attached hydrogens (tertiary/aromatic N) is 1. The van der Waals surface area contributed by atoms with Crippen LogP contribution in [0.2, 0.25) is 0 Å². The molecule has 0 saturated heterocycles. The van der Waals surface area contributed by atoms with Crippen molar-refractivity contribution in [1.29, 1.82) is 0 Å². The second kappa shape index (κ2) is 4.78. The van der Waals surface area contributed by atoms with Crippen molar-refractivity contribution in [3.63, 3.8) is 0 Å². The van der Waals surface area contributed by atoms with E-state index < -0.39 is 0 Å². The van der Waals surface area contributed by atoms with Crippen molar-refractivity contribution in [3.8, 4) is 5.75 Å². The van der Waals surface area contributed by atoms with Gasteiger partial charge in [0.25, 0.3) is 0 Å². The summed E-state index contributed by atoms with van der Waals surface area (Å²) >= 11 is 0. The fourth-order valence-electron chi connectivity index (χ4n) is 1.60. The van der Waals surface area contributed by atoms with Crippen LogP contribution in [0.3, 0.4) is 0 Å². The Bertz CT molecular complexity index is 532. The maximum atomic E-state index is 12.2. The molecule has 0 aliphatic rings. The molecule has 0 fully saturated rings. The van der Waals surface area contributed by atoms with Gasteiger partial charge in [0.1, 0.15) is 5.75 Å². The van der Waals surface area contributed by atoms with E-state index in [1.165, 1.54) is 0 Å². The zero-order valence-electron chi connectivity index (χ0n) is 9.81. The summed E-state index contributed by atoms with van der Waals surface area (Å²) in [6.45, 7) is 1.90. The predicted octanol–water partition coefficient (Wildman–Crippen LogP) is 2.63. The highest BCUT2D eigenvalue weighted by Gasteiger charge is 2.11. The number of aryl methyl sites for hydroxylation is 1. The first-order valence-corrected chi connectivity index (χ1v) is 5.31. The van der Waals surface area contributed by atoms with Crippen LogP contribution in [0.1, 0.15) is 21.5 Å². The van der Waals surface area contributed by atoms with E-state index in [2.05, 4.69) is 4.98 Å². The van der Waals surface area contributed by atoms with E-state index in [0.717, 1.165) is 11.3 Å². The topological polar surface area (TPSA) is 39.2 Å². The minimum atomic E-state index is -0.0155. The molecule has 1 aromatic heterocycles. The van der Waals surface area contributed by atoms with Crippen LogP contribution < -0.4 is 4.74 Å². The lowest BCUT2D eigenvalue weighted by Crippen LogP contribution is -2.04. The molecule has 0 unspecified atom stereocenters. The third-order valence-electron chi connectivity index (χ3n) is 2.64. The molecule has 0 radical (unpaired) electrons. The molecule has 86 valence electrons. The molecular weight excluding hydrogens is 214 g/mol. The van der Waals surface area contributed by atoms with Gasteiger partial charge >= 0.3 is 0 Å². The third kappa shape index (κ3) is 2.33. The Morgan fingerprint density at radius 1 is 1.18 bits per heavy atom. The standard InChI is InChI=1S/C14H13NO2/c1-10-7-8-15-9-13(10)14(16)11-3-5-12(17-2)6-4-11/h3-9H,1-2H3. The van der Waals surface area contributed by atoms with Crippen LogP contribution in [0.5, 0.6) is 5.75 Å². The van der Waals surface area contributed by atoms with Crippen LogP contribution >= 0.6 is 0 Å². The van der Waals surface area contributed by atoms with Gasteiger partial charge in [0.15, 0.2) is 5.78 Å². The summed E-state index contributed by atoms with van der Waals surface area (Å²) in [4.78, 5) is 16.2. The average Bonchev–Trinajstić information content (AvgIpc) is 2.39. The Morgan fingerprint density at radius 2 is 1.88 bits per heavy atom. The molecule has 3 heteroatoms. The van der Waals surface area contributed by atoms with Crippen molar-refractivity contribution >= 4 is 5.78 Å². The van der Waals surface area contributed by atoms with Gasteiger partial charge in [-0.3, -0.25) is 9.78 Å². The number of rotatable bonds is 3. The molecule has 0 spiro atoms. The number of hydrogen-bond acceptors (Lipinski definition) is 3. The predicted molar refractivity (Wildman–Crippen MR) is 65.4 cm³/mol. The number of methoxy groups -OCH3 is 1. The van der Waals surface area contributed by atoms with Gasteiger partial charge in [-0.1, -0.05) is 0 Å². The fraction of sp³-hybridized carbons (Fsp3) is 0.143. The van der Waals surface area contributed by atoms with Crippen LogP contribution in [0.25, 0.3) is 0 Å². The number of ether oxygens (including phenoxy) is 1. The maximum absolute atomic E-state index is 12.2. The second-order valence-corrected chi connectivity index (χ2v) is 3.75. The summed E-state index contributed by atoms with van der Waals surface area (Å²) < 4.78 is 5.05. The Kier molecular flexibility index (Phi) is 3.19. The highest BCUT2D eigenvalue weighted by Crippen LogP contribution is 2.16. The first-order chi connectivity index (χ1) is 8.22. The fourth-order valence-corrected chi connectivity index (χ4v) is 1.60. The number of ketones is 1. The lowest BCUT2D eigenvalue weighted by molar-refractivity contribution is 0.103. The molecule has 1 heterocycles. The Hall–Kier alpha value is -2.16. The van der Waals surface area contributed by atoms with Crippen LogP contribution in [-0.2, 0) is 0 Å². The third-order valence-corrected chi connectivity index (χ3v) is 2.64. The van der Waals surface area contributed by atoms with E-state index in [0.29, 0.717) is 11.1 Å². The summed E-state index contributed by atoms with van der Waals surface area (Å²) in [5.41, 5.74) is 2.21. The first-order valence-electron chi connectivity index (χ1n) is 5.31. The summed E-state index contributed by atoms with van der Waals surface area (Å²) in [5, 5.41) is 0. The first kappa shape index (κ1) is 11.3. The van der Waals surface area contributed by atoms with Gasteiger partial charge in [-0.2, -0.15) is 0 Å². The molecule has 0 bridgehead atoms. The van der Waals surface area contributed by atoms with Gasteiger partial charge in [-0.05, 0) is 42.8 Å². The molecule has 0 saturated carbocycles. The summed E-state index contributed by atoms with van der Waals surface area (Å²) in [6, 6.07) is 8.90. The Labute approximate surface area is 100 Å². The Morgan fingerprint density at radius 3 is 2.47 bits per heavy atom. The molecule has 2 aromatic rings. The number of carbonyl (C=O) groups excluding carboxylic acids is 1. The van der Waals surface area contributed by atoms with E-state index in [1.807, 2.05) is 13.0 Å². The van der Waals surface area contributed by atoms with Crippen molar-refractivity contribution in [2.24, 2.45) is 0 Å². The number of hydrogen-bond donors (Lipinski definition) is 0. The van der Waals surface area contributed by atoms with Crippen molar-refractivity contribution in [3.05, 3.63) is 59.4 Å². The monoisotopic (exact) mass is 227 g/mol. The summed E-state index contributed by atoms with van der Waals surface area (Å²) in [5.74, 6) is 0.725. The second-order valence-electron chi connectivity index (χ2n) is 3.75. The Balaban J connectivity index is 2.34. The lowest BCUT2D eigenvalue weighted by Gasteiger charge is -2.05. The van der Waals surface area contributed by atoms with Gasteiger partial charge in [0, 0.05) is 23.5 Å². The number of pyridine rings is 1. The zero-order valence-corrected chi connectivity index (χ0v) is 9.81. The van der Waals surface area contributed by atoms with Crippen LogP contribution in [0, 0.1) is 6.92 Å². The normalized spacial score (nSPS) is 10.0. The molecular formula is C14H13NO2. The molecule has 0 aliphatic heterocycles. The number of carbonyl (C=O) groups is 1. The van der Waals surface area contributed by atoms with Crippen molar-refractivity contribution in [1.82, 2.24) is 4.98 Å². The number of aromatic nitrogens is 1. The molecule has 3 nitrogen and oxygen atoms in total. The minimum Gasteiger partial charge on any atom is -0.497 e. The van der Waals surface area contributed by atoms with Crippen molar-refractivity contribution in [2.75, 3.05) is 7.11 Å². The van der Waals surface area contributed by atoms with Crippen LogP contribution in [0.15, 0.2) is 42.7 Å². The quantitative estimate of drug-likeness (QED) is 0.757. The molecule has 0 N–H and O–H groups in total. The van der Waals surface area contributed by atoms with E-state index in [-0.39, 0.29) is 5.78 Å². The number of benzene rings is 1. The van der Waals surface area contributed by atoms with Crippen molar-refractivity contribution < 1.29 is 9.53 Å². The van der Waals surface area contributed by atoms with E-state index in [1.54, 1.807) is 43.8 Å². The molecule has 0 atom stereocenters. The van der Waals surface area contributed by atoms with E-state index in [4.69, 9.17) is 4.74 Å². The summed E-state index contributed by atoms with van der Waals surface area (Å²) in [7, 11) is 1.60. The van der Waals surface area contributed by atoms with Gasteiger partial charge in [-0.15, -0.1) is 0 Å². The van der Waals surface area contributed by atoms with Gasteiger partial charge in [0.2, 0.25) is 0 Å². The zero-order chi connectivity index (χ0) is 12.3. The van der Waals surface area contributed by atoms with Crippen LogP contribution in [-0.4, -0.2) is 17.9 Å². The SMILES string of the molecule is COc1ccc(C(=O)c2cnccc2C)cc1. The highest BCUT2D eigenvalue weighted by molar-refractivity contribution is 6.09. The van der Waals surface area contributed by atoms with Gasteiger partial charge < -0.3 is 4.74 Å². The molecule has 1 aromatic carbocycles. The van der Waals surface area contributed by atoms with Gasteiger partial charge in [-0.25, -0.2) is 0 Å². The highest BCUT2D eigenvalue weighted by atomic mass is 16.5. The molecule has 0 amide bonds. The molecule has 17 heavy (non-hydrogen) atoms. The van der Waals surface area contributed by atoms with Crippen LogP contribution in [0.4, 0.5) is 0 Å². The van der Waals surface area contributed by atoms with E-state index >= 15 is 0 Å². The van der Waals surface area contributed by atoms with Crippen molar-refractivity contribution in [2.45, 2.75) is 6.92 Å². The summed E-state index contributed by atoms with van der Waals surface area (Å²) in [6.07, 6.45) is 3.28. The molecule has 0 aliphatic carbocycles.